The maximum atomic E-state index is 16.1. The quantitative estimate of drug-likeness (QED) is 0.152. The summed E-state index contributed by atoms with van der Waals surface area (Å²) in [6.07, 6.45) is 4.62. The molecule has 1 aliphatic heterocycles. The summed E-state index contributed by atoms with van der Waals surface area (Å²) >= 11 is 0. The number of hydrogen-bond donors (Lipinski definition) is 2. The highest BCUT2D eigenvalue weighted by Crippen LogP contribution is 2.48. The molecule has 3 aliphatic rings. The van der Waals surface area contributed by atoms with Crippen molar-refractivity contribution in [1.82, 2.24) is 19.0 Å². The zero-order valence-corrected chi connectivity index (χ0v) is 33.4. The number of aromatic nitrogens is 2. The maximum absolute atomic E-state index is 16.1. The highest BCUT2D eigenvalue weighted by Gasteiger charge is 2.52. The van der Waals surface area contributed by atoms with Crippen molar-refractivity contribution in [1.29, 1.82) is 4.78 Å². The third-order valence-corrected chi connectivity index (χ3v) is 13.0. The Morgan fingerprint density at radius 2 is 1.35 bits per heavy atom. The van der Waals surface area contributed by atoms with Crippen LogP contribution in [0.4, 0.5) is 19.7 Å². The van der Waals surface area contributed by atoms with Gasteiger partial charge in [-0.05, 0) is 98.2 Å². The summed E-state index contributed by atoms with van der Waals surface area (Å²) in [5.41, 5.74) is 2.72. The maximum Gasteiger partial charge on any atom is 0.410 e. The normalized spacial score (nSPS) is 17.0. The second kappa shape index (κ2) is 14.7. The summed E-state index contributed by atoms with van der Waals surface area (Å²) in [5, 5.41) is 7.71. The molecule has 8 rings (SSSR count). The standard InChI is InChI=1S/C44H47FN6O5S/c1-43(2,3)56-42(53)49(4)32-27-50-40(55-28-32)37(26-47-50)57(46,54)51(41(52)48-39-35-24-14-22-33(35)38(45)34-23-15-25-36(34)39)44(29-16-8-5-9-17-29,30-18-10-6-11-19-30)31-20-12-7-13-21-31/h5-13,16-21,26,32,46H,14-15,22-25,27-28H2,1-4H3,(H,48,52)/t32-,57?/m0/s1. The molecule has 0 saturated heterocycles. The number of hydrogen-bond acceptors (Lipinski definition) is 7. The third kappa shape index (κ3) is 6.61. The van der Waals surface area contributed by atoms with E-state index in [0.717, 1.165) is 28.3 Å². The van der Waals surface area contributed by atoms with Crippen molar-refractivity contribution in [2.75, 3.05) is 19.0 Å². The van der Waals surface area contributed by atoms with Crippen LogP contribution in [0.15, 0.2) is 102 Å². The van der Waals surface area contributed by atoms with Crippen LogP contribution >= 0.6 is 0 Å². The van der Waals surface area contributed by atoms with Gasteiger partial charge in [0.15, 0.2) is 9.92 Å². The van der Waals surface area contributed by atoms with Crippen molar-refractivity contribution in [2.45, 2.75) is 87.9 Å². The number of amides is 3. The number of carbonyl (C=O) groups is 2. The zero-order valence-electron chi connectivity index (χ0n) is 32.6. The lowest BCUT2D eigenvalue weighted by atomic mass is 9.77. The Kier molecular flexibility index (Phi) is 9.83. The van der Waals surface area contributed by atoms with Crippen molar-refractivity contribution in [3.63, 3.8) is 0 Å². The van der Waals surface area contributed by atoms with E-state index in [2.05, 4.69) is 10.4 Å². The summed E-state index contributed by atoms with van der Waals surface area (Å²) in [5.74, 6) is -0.117. The zero-order chi connectivity index (χ0) is 40.1. The number of urea groups is 1. The van der Waals surface area contributed by atoms with Gasteiger partial charge >= 0.3 is 12.1 Å². The first-order valence-corrected chi connectivity index (χ1v) is 20.9. The summed E-state index contributed by atoms with van der Waals surface area (Å²) in [6.45, 7) is 5.54. The summed E-state index contributed by atoms with van der Waals surface area (Å²) in [6, 6.07) is 26.6. The van der Waals surface area contributed by atoms with E-state index in [1.165, 1.54) is 15.8 Å². The van der Waals surface area contributed by atoms with Gasteiger partial charge in [-0.25, -0.2) is 32.0 Å². The molecule has 0 fully saturated rings. The van der Waals surface area contributed by atoms with E-state index in [4.69, 9.17) is 9.47 Å². The topological polar surface area (TPSA) is 130 Å². The van der Waals surface area contributed by atoms with Gasteiger partial charge in [0.05, 0.1) is 18.8 Å². The number of likely N-dealkylation sites (N-methyl/N-ethyl adjacent to an activating group) is 1. The average molecular weight is 791 g/mol. The Morgan fingerprint density at radius 1 is 0.860 bits per heavy atom. The molecule has 4 aromatic carbocycles. The Balaban J connectivity index is 1.32. The van der Waals surface area contributed by atoms with Crippen LogP contribution < -0.4 is 10.1 Å². The first kappa shape index (κ1) is 38.2. The number of nitrogens with zero attached hydrogens (tertiary/aromatic N) is 4. The first-order chi connectivity index (χ1) is 27.3. The molecule has 0 radical (unpaired) electrons. The number of carbonyl (C=O) groups excluding carboxylic acids is 2. The van der Waals surface area contributed by atoms with Gasteiger partial charge in [0.2, 0.25) is 5.88 Å². The van der Waals surface area contributed by atoms with E-state index in [1.807, 2.05) is 91.0 Å². The van der Waals surface area contributed by atoms with Crippen molar-refractivity contribution in [3.8, 4) is 5.88 Å². The summed E-state index contributed by atoms with van der Waals surface area (Å²) in [4.78, 5) is 30.0. The minimum Gasteiger partial charge on any atom is -0.475 e. The Labute approximate surface area is 332 Å². The van der Waals surface area contributed by atoms with E-state index in [1.54, 1.807) is 27.8 Å². The Hall–Kier alpha value is -5.69. The molecule has 0 saturated carbocycles. The lowest BCUT2D eigenvalue weighted by molar-refractivity contribution is 0.0101. The number of ether oxygens (including phenoxy) is 2. The number of benzene rings is 4. The fourth-order valence-corrected chi connectivity index (χ4v) is 10.4. The van der Waals surface area contributed by atoms with Crippen molar-refractivity contribution < 1.29 is 27.7 Å². The molecule has 57 heavy (non-hydrogen) atoms. The second-order valence-electron chi connectivity index (χ2n) is 15.9. The van der Waals surface area contributed by atoms with E-state index in [-0.39, 0.29) is 29.7 Å². The van der Waals surface area contributed by atoms with Gasteiger partial charge in [-0.2, -0.15) is 5.10 Å². The Bertz CT molecular complexity index is 2300. The third-order valence-electron chi connectivity index (χ3n) is 11.2. The minimum absolute atomic E-state index is 0.00516. The van der Waals surface area contributed by atoms with E-state index < -0.39 is 39.2 Å². The van der Waals surface area contributed by atoms with Crippen LogP contribution in [0, 0.1) is 10.6 Å². The van der Waals surface area contributed by atoms with E-state index in [0.29, 0.717) is 59.2 Å². The largest absolute Gasteiger partial charge is 0.475 e. The van der Waals surface area contributed by atoms with Crippen LogP contribution in [0.3, 0.4) is 0 Å². The molecule has 5 aromatic rings. The molecule has 0 spiro atoms. The monoisotopic (exact) mass is 790 g/mol. The lowest BCUT2D eigenvalue weighted by Crippen LogP contribution is -2.55. The molecule has 2 N–H and O–H groups in total. The van der Waals surface area contributed by atoms with Gasteiger partial charge in [0.1, 0.15) is 28.5 Å². The van der Waals surface area contributed by atoms with Crippen LogP contribution in [0.5, 0.6) is 5.88 Å². The number of fused-ring (bicyclic) bond motifs is 3. The van der Waals surface area contributed by atoms with Gasteiger partial charge in [-0.15, -0.1) is 0 Å². The predicted octanol–water partition coefficient (Wildman–Crippen LogP) is 8.47. The molecule has 3 amide bonds. The molecule has 2 aliphatic carbocycles. The highest BCUT2D eigenvalue weighted by atomic mass is 32.2. The molecule has 2 atom stereocenters. The summed E-state index contributed by atoms with van der Waals surface area (Å²) in [7, 11) is -2.78. The molecular weight excluding hydrogens is 744 g/mol. The van der Waals surface area contributed by atoms with Crippen molar-refractivity contribution in [3.05, 3.63) is 142 Å². The highest BCUT2D eigenvalue weighted by molar-refractivity contribution is 7.90. The first-order valence-electron chi connectivity index (χ1n) is 19.4. The molecule has 13 heteroatoms. The number of anilines is 1. The van der Waals surface area contributed by atoms with Gasteiger partial charge < -0.3 is 19.7 Å². The summed E-state index contributed by atoms with van der Waals surface area (Å²) < 4.78 is 56.6. The molecule has 11 nitrogen and oxygen atoms in total. The lowest BCUT2D eigenvalue weighted by Gasteiger charge is -2.45. The van der Waals surface area contributed by atoms with Crippen LogP contribution in [-0.2, 0) is 52.4 Å². The molecule has 2 heterocycles. The van der Waals surface area contributed by atoms with E-state index >= 15 is 13.4 Å². The van der Waals surface area contributed by atoms with Gasteiger partial charge in [0.25, 0.3) is 0 Å². The number of nitrogens with one attached hydrogen (secondary N) is 2. The molecule has 296 valence electrons. The SMILES string of the molecule is CN(C(=O)OC(C)(C)C)[C@@H]1COc2c(S(=N)(=O)N(C(=O)Nc3c4c(c(F)c5c3CCC5)CCC4)C(c3ccccc3)(c3ccccc3)c3ccccc3)cnn2C1. The van der Waals surface area contributed by atoms with Gasteiger partial charge in [0, 0.05) is 12.7 Å². The van der Waals surface area contributed by atoms with Gasteiger partial charge in [-0.1, -0.05) is 91.0 Å². The van der Waals surface area contributed by atoms with Crippen LogP contribution in [0.1, 0.15) is 72.6 Å². The van der Waals surface area contributed by atoms with Crippen molar-refractivity contribution >= 4 is 27.7 Å². The number of halogens is 1. The smallest absolute Gasteiger partial charge is 0.410 e. The Morgan fingerprint density at radius 3 is 1.84 bits per heavy atom. The van der Waals surface area contributed by atoms with Gasteiger partial charge in [-0.3, -0.25) is 0 Å². The molecule has 0 bridgehead atoms. The molecule has 1 aromatic heterocycles. The average Bonchev–Trinajstić information content (AvgIpc) is 3.99. The fourth-order valence-electron chi connectivity index (χ4n) is 8.61. The fraction of sp³-hybridized carbons (Fsp3) is 0.341. The molecular formula is C44H47FN6O5S. The van der Waals surface area contributed by atoms with Crippen LogP contribution in [-0.4, -0.2) is 60.6 Å². The van der Waals surface area contributed by atoms with E-state index in [9.17, 15) is 9.57 Å². The van der Waals surface area contributed by atoms with Crippen LogP contribution in [0.25, 0.3) is 0 Å². The predicted molar refractivity (Wildman–Crippen MR) is 215 cm³/mol. The minimum atomic E-state index is -4.40. The molecule has 1 unspecified atom stereocenters. The number of rotatable bonds is 8. The van der Waals surface area contributed by atoms with Crippen molar-refractivity contribution in [2.24, 2.45) is 0 Å². The second-order valence-corrected chi connectivity index (χ2v) is 17.8. The van der Waals surface area contributed by atoms with Crippen LogP contribution in [0.2, 0.25) is 0 Å².